The molecule has 30 heavy (non-hydrogen) atoms. The molecule has 1 aromatic carbocycles. The summed E-state index contributed by atoms with van der Waals surface area (Å²) in [5, 5.41) is 3.25. The molecule has 3 heterocycles. The Bertz CT molecular complexity index is 918. The molecule has 1 aliphatic carbocycles. The van der Waals surface area contributed by atoms with Crippen molar-refractivity contribution in [3.8, 4) is 11.5 Å². The first kappa shape index (κ1) is 19.2. The molecule has 1 aromatic heterocycles. The fourth-order valence-electron chi connectivity index (χ4n) is 5.09. The van der Waals surface area contributed by atoms with Gasteiger partial charge in [0.2, 0.25) is 0 Å². The zero-order valence-corrected chi connectivity index (χ0v) is 17.4. The van der Waals surface area contributed by atoms with Gasteiger partial charge in [0.25, 0.3) is 5.91 Å². The summed E-state index contributed by atoms with van der Waals surface area (Å²) in [4.78, 5) is 19.9. The largest absolute Gasteiger partial charge is 0.486 e. The van der Waals surface area contributed by atoms with Crippen LogP contribution in [0, 0.1) is 0 Å². The number of benzene rings is 1. The number of pyridine rings is 1. The second-order valence-electron chi connectivity index (χ2n) is 8.60. The van der Waals surface area contributed by atoms with Gasteiger partial charge in [0.1, 0.15) is 19.0 Å². The van der Waals surface area contributed by atoms with Gasteiger partial charge in [-0.15, -0.1) is 0 Å². The van der Waals surface area contributed by atoms with Crippen molar-refractivity contribution in [2.75, 3.05) is 37.7 Å². The van der Waals surface area contributed by atoms with Crippen molar-refractivity contribution >= 4 is 11.7 Å². The monoisotopic (exact) mass is 407 g/mol. The highest BCUT2D eigenvalue weighted by molar-refractivity contribution is 5.99. The van der Waals surface area contributed by atoms with Gasteiger partial charge in [-0.25, -0.2) is 4.98 Å². The van der Waals surface area contributed by atoms with E-state index in [1.54, 1.807) is 6.20 Å². The first-order valence-electron chi connectivity index (χ1n) is 11.1. The van der Waals surface area contributed by atoms with E-state index in [4.69, 9.17) is 9.47 Å². The van der Waals surface area contributed by atoms with Crippen LogP contribution in [0.2, 0.25) is 0 Å². The molecule has 2 aromatic rings. The summed E-state index contributed by atoms with van der Waals surface area (Å²) in [6.45, 7) is 3.75. The number of aromatic nitrogens is 1. The van der Waals surface area contributed by atoms with Crippen LogP contribution in [0.4, 0.5) is 5.82 Å². The Labute approximate surface area is 177 Å². The number of rotatable bonds is 5. The number of hydrogen-bond donors (Lipinski definition) is 1. The summed E-state index contributed by atoms with van der Waals surface area (Å²) in [6.07, 6.45) is 8.58. The molecule has 158 valence electrons. The summed E-state index contributed by atoms with van der Waals surface area (Å²) in [6, 6.07) is 10.0. The summed E-state index contributed by atoms with van der Waals surface area (Å²) < 4.78 is 11.5. The minimum absolute atomic E-state index is 0.0335. The van der Waals surface area contributed by atoms with Gasteiger partial charge in [0.15, 0.2) is 11.5 Å². The lowest BCUT2D eigenvalue weighted by atomic mass is 9.78. The predicted molar refractivity (Wildman–Crippen MR) is 116 cm³/mol. The lowest BCUT2D eigenvalue weighted by Gasteiger charge is -2.31. The smallest absolute Gasteiger partial charge is 0.255 e. The number of carbonyl (C=O) groups excluding carboxylic acids is 1. The average Bonchev–Trinajstić information content (AvgIpc) is 3.50. The second-order valence-corrected chi connectivity index (χ2v) is 8.60. The maximum Gasteiger partial charge on any atom is 0.255 e. The van der Waals surface area contributed by atoms with Gasteiger partial charge in [-0.2, -0.15) is 0 Å². The van der Waals surface area contributed by atoms with Gasteiger partial charge in [-0.05, 0) is 55.5 Å². The van der Waals surface area contributed by atoms with Gasteiger partial charge in [0.05, 0.1) is 5.56 Å². The van der Waals surface area contributed by atoms with Crippen LogP contribution in [-0.4, -0.2) is 43.7 Å². The molecule has 1 amide bonds. The SMILES string of the molecule is O=C(NCC1(c2ccc3c(c2)OCCO3)CCCC1)c1cccnc1N1CCCC1. The third-order valence-electron chi connectivity index (χ3n) is 6.74. The molecular formula is C24H29N3O3. The van der Waals surface area contributed by atoms with Gasteiger partial charge < -0.3 is 19.7 Å². The normalized spacial score (nSPS) is 19.7. The van der Waals surface area contributed by atoms with Gasteiger partial charge in [-0.3, -0.25) is 4.79 Å². The topological polar surface area (TPSA) is 63.7 Å². The quantitative estimate of drug-likeness (QED) is 0.819. The van der Waals surface area contributed by atoms with Crippen LogP contribution in [0.25, 0.3) is 0 Å². The van der Waals surface area contributed by atoms with Crippen LogP contribution in [0.1, 0.15) is 54.4 Å². The Morgan fingerprint density at radius 1 is 1.03 bits per heavy atom. The van der Waals surface area contributed by atoms with Crippen LogP contribution in [0.3, 0.4) is 0 Å². The molecule has 0 unspecified atom stereocenters. The minimum atomic E-state index is -0.0541. The van der Waals surface area contributed by atoms with E-state index >= 15 is 0 Å². The molecule has 2 aliphatic heterocycles. The van der Waals surface area contributed by atoms with Crippen LogP contribution < -0.4 is 19.7 Å². The molecule has 6 heteroatoms. The van der Waals surface area contributed by atoms with Crippen molar-refractivity contribution in [2.24, 2.45) is 0 Å². The van der Waals surface area contributed by atoms with E-state index in [0.717, 1.165) is 56.1 Å². The van der Waals surface area contributed by atoms with Crippen molar-refractivity contribution in [1.82, 2.24) is 10.3 Å². The van der Waals surface area contributed by atoms with Crippen molar-refractivity contribution < 1.29 is 14.3 Å². The second kappa shape index (κ2) is 8.17. The maximum atomic E-state index is 13.2. The van der Waals surface area contributed by atoms with E-state index in [1.165, 1.54) is 18.4 Å². The number of fused-ring (bicyclic) bond motifs is 1. The maximum absolute atomic E-state index is 13.2. The lowest BCUT2D eigenvalue weighted by Crippen LogP contribution is -2.39. The molecule has 1 saturated heterocycles. The van der Waals surface area contributed by atoms with Crippen LogP contribution in [-0.2, 0) is 5.41 Å². The highest BCUT2D eigenvalue weighted by Crippen LogP contribution is 2.44. The summed E-state index contributed by atoms with van der Waals surface area (Å²) in [5.74, 6) is 2.41. The molecule has 0 atom stereocenters. The number of carbonyl (C=O) groups is 1. The van der Waals surface area contributed by atoms with E-state index in [0.29, 0.717) is 25.3 Å². The van der Waals surface area contributed by atoms with E-state index in [9.17, 15) is 4.79 Å². The van der Waals surface area contributed by atoms with Gasteiger partial charge in [0, 0.05) is 31.2 Å². The molecule has 2 fully saturated rings. The first-order chi connectivity index (χ1) is 14.8. The van der Waals surface area contributed by atoms with Crippen LogP contribution in [0.15, 0.2) is 36.5 Å². The van der Waals surface area contributed by atoms with Crippen molar-refractivity contribution in [3.05, 3.63) is 47.7 Å². The summed E-state index contributed by atoms with van der Waals surface area (Å²) in [7, 11) is 0. The van der Waals surface area contributed by atoms with Crippen LogP contribution in [0.5, 0.6) is 11.5 Å². The standard InChI is InChI=1S/C24H29N3O3/c28-23(19-6-5-11-25-22(19)27-12-3-4-13-27)26-17-24(9-1-2-10-24)18-7-8-20-21(16-18)30-15-14-29-20/h5-8,11,16H,1-4,9-10,12-15,17H2,(H,26,28). The van der Waals surface area contributed by atoms with Crippen molar-refractivity contribution in [3.63, 3.8) is 0 Å². The fourth-order valence-corrected chi connectivity index (χ4v) is 5.09. The number of amides is 1. The Kier molecular flexibility index (Phi) is 5.23. The third kappa shape index (κ3) is 3.59. The lowest BCUT2D eigenvalue weighted by molar-refractivity contribution is 0.0943. The van der Waals surface area contributed by atoms with E-state index in [1.807, 2.05) is 18.2 Å². The van der Waals surface area contributed by atoms with Gasteiger partial charge in [-0.1, -0.05) is 18.9 Å². The number of hydrogen-bond acceptors (Lipinski definition) is 5. The summed E-state index contributed by atoms with van der Waals surface area (Å²) in [5.41, 5.74) is 1.85. The minimum Gasteiger partial charge on any atom is -0.486 e. The predicted octanol–water partition coefficient (Wildman–Crippen LogP) is 3.69. The summed E-state index contributed by atoms with van der Waals surface area (Å²) >= 11 is 0. The molecular weight excluding hydrogens is 378 g/mol. The number of nitrogens with one attached hydrogen (secondary N) is 1. The Morgan fingerprint density at radius 3 is 2.60 bits per heavy atom. The fraction of sp³-hybridized carbons (Fsp3) is 0.500. The van der Waals surface area contributed by atoms with E-state index in [2.05, 4.69) is 27.3 Å². The molecule has 0 spiro atoms. The van der Waals surface area contributed by atoms with Crippen molar-refractivity contribution in [1.29, 1.82) is 0 Å². The zero-order chi connectivity index (χ0) is 20.4. The Morgan fingerprint density at radius 2 is 1.80 bits per heavy atom. The van der Waals surface area contributed by atoms with E-state index < -0.39 is 0 Å². The molecule has 5 rings (SSSR count). The Hall–Kier alpha value is -2.76. The molecule has 3 aliphatic rings. The molecule has 1 saturated carbocycles. The first-order valence-corrected chi connectivity index (χ1v) is 11.1. The molecule has 0 bridgehead atoms. The molecule has 6 nitrogen and oxygen atoms in total. The molecule has 0 radical (unpaired) electrons. The highest BCUT2D eigenvalue weighted by Gasteiger charge is 2.37. The van der Waals surface area contributed by atoms with Crippen LogP contribution >= 0.6 is 0 Å². The zero-order valence-electron chi connectivity index (χ0n) is 17.4. The Balaban J connectivity index is 1.36. The third-order valence-corrected chi connectivity index (χ3v) is 6.74. The average molecular weight is 408 g/mol. The van der Waals surface area contributed by atoms with Gasteiger partial charge >= 0.3 is 0 Å². The number of nitrogens with zero attached hydrogens (tertiary/aromatic N) is 2. The van der Waals surface area contributed by atoms with Crippen molar-refractivity contribution in [2.45, 2.75) is 43.9 Å². The van der Waals surface area contributed by atoms with E-state index in [-0.39, 0.29) is 11.3 Å². The number of anilines is 1. The molecule has 1 N–H and O–H groups in total. The number of ether oxygens (including phenoxy) is 2. The highest BCUT2D eigenvalue weighted by atomic mass is 16.6.